The molecule has 0 saturated heterocycles. The van der Waals surface area contributed by atoms with Crippen LogP contribution in [-0.2, 0) is 11.3 Å². The van der Waals surface area contributed by atoms with Crippen molar-refractivity contribution in [3.63, 3.8) is 0 Å². The van der Waals surface area contributed by atoms with E-state index in [1.165, 1.54) is 12.8 Å². The van der Waals surface area contributed by atoms with Gasteiger partial charge >= 0.3 is 0 Å². The molecule has 2 rings (SSSR count). The first-order valence-electron chi connectivity index (χ1n) is 6.93. The molecule has 1 unspecified atom stereocenters. The van der Waals surface area contributed by atoms with Gasteiger partial charge in [-0.05, 0) is 40.5 Å². The highest BCUT2D eigenvalue weighted by Gasteiger charge is 2.25. The van der Waals surface area contributed by atoms with Gasteiger partial charge in [0.05, 0.1) is 18.1 Å². The van der Waals surface area contributed by atoms with Crippen molar-refractivity contribution in [3.05, 3.63) is 18.2 Å². The minimum absolute atomic E-state index is 0.0324. The molecule has 0 aliphatic heterocycles. The van der Waals surface area contributed by atoms with E-state index in [9.17, 15) is 4.79 Å². The summed E-state index contributed by atoms with van der Waals surface area (Å²) in [6.07, 6.45) is 6.24. The Morgan fingerprint density at radius 1 is 1.53 bits per heavy atom. The third-order valence-corrected chi connectivity index (χ3v) is 3.17. The number of nitrogens with zero attached hydrogens (tertiary/aromatic N) is 2. The first kappa shape index (κ1) is 14.1. The Morgan fingerprint density at radius 2 is 2.21 bits per heavy atom. The van der Waals surface area contributed by atoms with Crippen LogP contribution in [0.3, 0.4) is 0 Å². The number of nitrogens with one attached hydrogen (secondary N) is 2. The largest absolute Gasteiger partial charge is 0.350 e. The molecule has 1 aliphatic carbocycles. The summed E-state index contributed by atoms with van der Waals surface area (Å²) in [5.74, 6) is 0.0324. The van der Waals surface area contributed by atoms with Crippen molar-refractivity contribution in [2.45, 2.75) is 64.7 Å². The Morgan fingerprint density at radius 3 is 2.79 bits per heavy atom. The topological polar surface area (TPSA) is 59.0 Å². The molecule has 106 valence electrons. The summed E-state index contributed by atoms with van der Waals surface area (Å²) < 4.78 is 2.21. The van der Waals surface area contributed by atoms with Crippen LogP contribution < -0.4 is 10.6 Å². The van der Waals surface area contributed by atoms with Crippen molar-refractivity contribution >= 4 is 5.91 Å². The van der Waals surface area contributed by atoms with Crippen LogP contribution in [0.2, 0.25) is 0 Å². The van der Waals surface area contributed by atoms with Crippen molar-refractivity contribution in [3.8, 4) is 0 Å². The zero-order chi connectivity index (χ0) is 14.0. The maximum absolute atomic E-state index is 12.0. The highest BCUT2D eigenvalue weighted by atomic mass is 16.2. The van der Waals surface area contributed by atoms with Gasteiger partial charge in [0.2, 0.25) is 5.91 Å². The zero-order valence-electron chi connectivity index (χ0n) is 12.2. The standard InChI is InChI=1S/C14H24N4O/c1-10(13(19)17-14(2,3)4)16-8-12-7-15-9-18(12)11-5-6-11/h7,9-11,16H,5-6,8H2,1-4H3,(H,17,19). The molecule has 2 N–H and O–H groups in total. The molecular weight excluding hydrogens is 240 g/mol. The number of rotatable bonds is 5. The van der Waals surface area contributed by atoms with Gasteiger partial charge in [-0.3, -0.25) is 4.79 Å². The molecule has 1 aromatic rings. The van der Waals surface area contributed by atoms with E-state index in [0.29, 0.717) is 12.6 Å². The molecule has 0 aromatic carbocycles. The summed E-state index contributed by atoms with van der Waals surface area (Å²) in [4.78, 5) is 16.1. The normalized spacial score (nSPS) is 17.3. The number of amides is 1. The monoisotopic (exact) mass is 264 g/mol. The number of hydrogen-bond donors (Lipinski definition) is 2. The van der Waals surface area contributed by atoms with Crippen molar-refractivity contribution in [2.75, 3.05) is 0 Å². The van der Waals surface area contributed by atoms with Gasteiger partial charge in [0.1, 0.15) is 0 Å². The van der Waals surface area contributed by atoms with Gasteiger partial charge in [0, 0.05) is 24.3 Å². The van der Waals surface area contributed by atoms with Crippen LogP contribution in [0, 0.1) is 0 Å². The average Bonchev–Trinajstić information content (AvgIpc) is 3.03. The van der Waals surface area contributed by atoms with Crippen LogP contribution in [0.4, 0.5) is 0 Å². The van der Waals surface area contributed by atoms with Crippen LogP contribution in [0.15, 0.2) is 12.5 Å². The van der Waals surface area contributed by atoms with E-state index in [4.69, 9.17) is 0 Å². The number of aromatic nitrogens is 2. The first-order chi connectivity index (χ1) is 8.87. The molecule has 0 spiro atoms. The minimum atomic E-state index is -0.207. The summed E-state index contributed by atoms with van der Waals surface area (Å²) in [5.41, 5.74) is 0.959. The van der Waals surface area contributed by atoms with Gasteiger partial charge in [-0.25, -0.2) is 4.98 Å². The smallest absolute Gasteiger partial charge is 0.237 e. The molecule has 5 nitrogen and oxygen atoms in total. The Kier molecular flexibility index (Phi) is 3.94. The minimum Gasteiger partial charge on any atom is -0.350 e. The Bertz CT molecular complexity index is 443. The Labute approximate surface area is 114 Å². The lowest BCUT2D eigenvalue weighted by atomic mass is 10.1. The number of imidazole rings is 1. The fourth-order valence-corrected chi connectivity index (χ4v) is 1.98. The van der Waals surface area contributed by atoms with Crippen molar-refractivity contribution in [1.82, 2.24) is 20.2 Å². The van der Waals surface area contributed by atoms with E-state index in [2.05, 4.69) is 20.2 Å². The summed E-state index contributed by atoms with van der Waals surface area (Å²) in [5, 5.41) is 6.23. The molecule has 0 radical (unpaired) electrons. The highest BCUT2D eigenvalue weighted by molar-refractivity contribution is 5.81. The summed E-state index contributed by atoms with van der Waals surface area (Å²) in [7, 11) is 0. The predicted octanol–water partition coefficient (Wildman–Crippen LogP) is 1.61. The van der Waals surface area contributed by atoms with Crippen LogP contribution >= 0.6 is 0 Å². The third-order valence-electron chi connectivity index (χ3n) is 3.17. The molecular formula is C14H24N4O. The van der Waals surface area contributed by atoms with E-state index in [1.807, 2.05) is 40.2 Å². The third kappa shape index (κ3) is 4.06. The van der Waals surface area contributed by atoms with E-state index < -0.39 is 0 Å². The first-order valence-corrected chi connectivity index (χ1v) is 6.93. The quantitative estimate of drug-likeness (QED) is 0.849. The molecule has 19 heavy (non-hydrogen) atoms. The highest BCUT2D eigenvalue weighted by Crippen LogP contribution is 2.35. The number of carbonyl (C=O) groups is 1. The second-order valence-corrected chi connectivity index (χ2v) is 6.37. The maximum Gasteiger partial charge on any atom is 0.237 e. The number of carbonyl (C=O) groups excluding carboxylic acids is 1. The van der Waals surface area contributed by atoms with Gasteiger partial charge in [-0.2, -0.15) is 0 Å². The predicted molar refractivity (Wildman–Crippen MR) is 74.7 cm³/mol. The summed E-state index contributed by atoms with van der Waals surface area (Å²) in [6, 6.07) is 0.416. The molecule has 1 fully saturated rings. The fraction of sp³-hybridized carbons (Fsp3) is 0.714. The molecule has 0 bridgehead atoms. The van der Waals surface area contributed by atoms with E-state index >= 15 is 0 Å². The van der Waals surface area contributed by atoms with Gasteiger partial charge in [0.25, 0.3) is 0 Å². The summed E-state index contributed by atoms with van der Waals surface area (Å²) in [6.45, 7) is 8.52. The zero-order valence-corrected chi connectivity index (χ0v) is 12.2. The van der Waals surface area contributed by atoms with Crippen LogP contribution in [0.5, 0.6) is 0 Å². The molecule has 1 aliphatic rings. The lowest BCUT2D eigenvalue weighted by Gasteiger charge is -2.23. The van der Waals surface area contributed by atoms with E-state index in [-0.39, 0.29) is 17.5 Å². The lowest BCUT2D eigenvalue weighted by molar-refractivity contribution is -0.124. The van der Waals surface area contributed by atoms with E-state index in [0.717, 1.165) is 5.69 Å². The molecule has 1 saturated carbocycles. The van der Waals surface area contributed by atoms with Crippen LogP contribution in [0.25, 0.3) is 0 Å². The molecule has 1 heterocycles. The van der Waals surface area contributed by atoms with Gasteiger partial charge in [-0.1, -0.05) is 0 Å². The molecule has 5 heteroatoms. The summed E-state index contributed by atoms with van der Waals surface area (Å²) >= 11 is 0. The van der Waals surface area contributed by atoms with Crippen LogP contribution in [-0.4, -0.2) is 27.0 Å². The van der Waals surface area contributed by atoms with Crippen molar-refractivity contribution in [1.29, 1.82) is 0 Å². The fourth-order valence-electron chi connectivity index (χ4n) is 1.98. The SMILES string of the molecule is CC(NCc1cncn1C1CC1)C(=O)NC(C)(C)C. The van der Waals surface area contributed by atoms with Gasteiger partial charge in [-0.15, -0.1) is 0 Å². The van der Waals surface area contributed by atoms with Crippen molar-refractivity contribution in [2.24, 2.45) is 0 Å². The Hall–Kier alpha value is -1.36. The molecule has 1 atom stereocenters. The maximum atomic E-state index is 12.0. The van der Waals surface area contributed by atoms with Gasteiger partial charge in [0.15, 0.2) is 0 Å². The van der Waals surface area contributed by atoms with Crippen molar-refractivity contribution < 1.29 is 4.79 Å². The average molecular weight is 264 g/mol. The number of hydrogen-bond acceptors (Lipinski definition) is 3. The van der Waals surface area contributed by atoms with E-state index in [1.54, 1.807) is 0 Å². The Balaban J connectivity index is 1.84. The lowest BCUT2D eigenvalue weighted by Crippen LogP contribution is -2.49. The van der Waals surface area contributed by atoms with Gasteiger partial charge < -0.3 is 15.2 Å². The molecule has 1 aromatic heterocycles. The second kappa shape index (κ2) is 5.33. The second-order valence-electron chi connectivity index (χ2n) is 6.37. The van der Waals surface area contributed by atoms with Crippen LogP contribution in [0.1, 0.15) is 52.3 Å². The molecule has 1 amide bonds.